The molecule has 2 aromatic rings. The molecule has 0 unspecified atom stereocenters. The average molecular weight is 342 g/mol. The van der Waals surface area contributed by atoms with Gasteiger partial charge in [-0.1, -0.05) is 12.1 Å². The number of nitrogens with one attached hydrogen (secondary N) is 1. The Bertz CT molecular complexity index is 671. The fourth-order valence-corrected chi connectivity index (χ4v) is 2.50. The van der Waals surface area contributed by atoms with E-state index in [0.29, 0.717) is 19.7 Å². The second-order valence-electron chi connectivity index (χ2n) is 5.68. The molecule has 0 fully saturated rings. The topological polar surface area (TPSA) is 50.8 Å². The van der Waals surface area contributed by atoms with Crippen molar-refractivity contribution in [2.45, 2.75) is 13.8 Å². The lowest BCUT2D eigenvalue weighted by Gasteiger charge is -2.21. The standard InChI is InChI=1S/C20H26N2O3/c1-4-22(17-7-5-6-16(2)14-17)20(23)15-21-12-13-25-19-10-8-18(24-3)9-11-19/h5-11,14,21H,4,12-13,15H2,1-3H3. The van der Waals surface area contributed by atoms with Gasteiger partial charge in [0.1, 0.15) is 18.1 Å². The van der Waals surface area contributed by atoms with E-state index in [1.807, 2.05) is 62.4 Å². The fraction of sp³-hybridized carbons (Fsp3) is 0.350. The first kappa shape index (κ1) is 18.8. The zero-order valence-corrected chi connectivity index (χ0v) is 15.1. The van der Waals surface area contributed by atoms with Crippen LogP contribution in [0.25, 0.3) is 0 Å². The van der Waals surface area contributed by atoms with E-state index in [4.69, 9.17) is 9.47 Å². The third kappa shape index (κ3) is 5.80. The maximum atomic E-state index is 12.4. The summed E-state index contributed by atoms with van der Waals surface area (Å²) in [5.41, 5.74) is 2.08. The molecule has 0 bridgehead atoms. The molecule has 25 heavy (non-hydrogen) atoms. The molecule has 134 valence electrons. The van der Waals surface area contributed by atoms with Gasteiger partial charge >= 0.3 is 0 Å². The number of nitrogens with zero attached hydrogens (tertiary/aromatic N) is 1. The molecule has 0 atom stereocenters. The van der Waals surface area contributed by atoms with Crippen LogP contribution in [0, 0.1) is 6.92 Å². The molecule has 1 amide bonds. The molecule has 2 aromatic carbocycles. The molecule has 0 aliphatic carbocycles. The van der Waals surface area contributed by atoms with Crippen molar-refractivity contribution in [1.29, 1.82) is 0 Å². The number of benzene rings is 2. The summed E-state index contributed by atoms with van der Waals surface area (Å²) in [6.07, 6.45) is 0. The Hall–Kier alpha value is -2.53. The van der Waals surface area contributed by atoms with Crippen molar-refractivity contribution in [2.75, 3.05) is 38.3 Å². The van der Waals surface area contributed by atoms with E-state index in [-0.39, 0.29) is 12.5 Å². The highest BCUT2D eigenvalue weighted by molar-refractivity contribution is 5.94. The van der Waals surface area contributed by atoms with Crippen LogP contribution in [-0.4, -0.2) is 39.3 Å². The van der Waals surface area contributed by atoms with Crippen LogP contribution in [0.5, 0.6) is 11.5 Å². The summed E-state index contributed by atoms with van der Waals surface area (Å²) in [5.74, 6) is 1.63. The molecule has 1 N–H and O–H groups in total. The van der Waals surface area contributed by atoms with Gasteiger partial charge in [-0.3, -0.25) is 4.79 Å². The molecule has 0 aliphatic heterocycles. The summed E-state index contributed by atoms with van der Waals surface area (Å²) in [6.45, 7) is 6.03. The van der Waals surface area contributed by atoms with Crippen molar-refractivity contribution in [3.8, 4) is 11.5 Å². The van der Waals surface area contributed by atoms with E-state index in [1.165, 1.54) is 0 Å². The molecule has 0 radical (unpaired) electrons. The lowest BCUT2D eigenvalue weighted by atomic mass is 10.2. The van der Waals surface area contributed by atoms with E-state index >= 15 is 0 Å². The maximum Gasteiger partial charge on any atom is 0.240 e. The minimum atomic E-state index is 0.0533. The number of aryl methyl sites for hydroxylation is 1. The summed E-state index contributed by atoms with van der Waals surface area (Å²) in [4.78, 5) is 14.2. The van der Waals surface area contributed by atoms with Crippen LogP contribution < -0.4 is 19.7 Å². The number of anilines is 1. The van der Waals surface area contributed by atoms with Gasteiger partial charge in [-0.15, -0.1) is 0 Å². The number of carbonyl (C=O) groups is 1. The van der Waals surface area contributed by atoms with Crippen molar-refractivity contribution < 1.29 is 14.3 Å². The van der Waals surface area contributed by atoms with Crippen molar-refractivity contribution in [1.82, 2.24) is 5.32 Å². The second kappa shape index (κ2) is 9.69. The van der Waals surface area contributed by atoms with Crippen molar-refractivity contribution in [3.05, 3.63) is 54.1 Å². The molecular formula is C20H26N2O3. The second-order valence-corrected chi connectivity index (χ2v) is 5.68. The van der Waals surface area contributed by atoms with Gasteiger partial charge in [0.15, 0.2) is 0 Å². The van der Waals surface area contributed by atoms with Gasteiger partial charge in [0.2, 0.25) is 5.91 Å². The Kier molecular flexibility index (Phi) is 7.29. The SMILES string of the molecule is CCN(C(=O)CNCCOc1ccc(OC)cc1)c1cccc(C)c1. The van der Waals surface area contributed by atoms with Gasteiger partial charge in [-0.2, -0.15) is 0 Å². The van der Waals surface area contributed by atoms with Crippen LogP contribution >= 0.6 is 0 Å². The molecule has 0 aromatic heterocycles. The Balaban J connectivity index is 1.73. The van der Waals surface area contributed by atoms with E-state index in [0.717, 1.165) is 22.7 Å². The van der Waals surface area contributed by atoms with Gasteiger partial charge in [0, 0.05) is 18.8 Å². The summed E-state index contributed by atoms with van der Waals surface area (Å²) in [6, 6.07) is 15.4. The number of methoxy groups -OCH3 is 1. The highest BCUT2D eigenvalue weighted by Gasteiger charge is 2.13. The zero-order chi connectivity index (χ0) is 18.1. The van der Waals surface area contributed by atoms with Crippen LogP contribution in [-0.2, 0) is 4.79 Å². The average Bonchev–Trinajstić information content (AvgIpc) is 2.62. The molecule has 0 saturated heterocycles. The van der Waals surface area contributed by atoms with E-state index in [9.17, 15) is 4.79 Å². The predicted octanol–water partition coefficient (Wildman–Crippen LogP) is 3.03. The summed E-state index contributed by atoms with van der Waals surface area (Å²) in [5, 5.41) is 3.14. The predicted molar refractivity (Wildman–Crippen MR) is 101 cm³/mol. The summed E-state index contributed by atoms with van der Waals surface area (Å²) in [7, 11) is 1.63. The van der Waals surface area contributed by atoms with Crippen molar-refractivity contribution in [3.63, 3.8) is 0 Å². The molecule has 0 saturated carbocycles. The summed E-state index contributed by atoms with van der Waals surface area (Å²) < 4.78 is 10.7. The monoisotopic (exact) mass is 342 g/mol. The minimum Gasteiger partial charge on any atom is -0.497 e. The van der Waals surface area contributed by atoms with Crippen LogP contribution in [0.4, 0.5) is 5.69 Å². The van der Waals surface area contributed by atoms with E-state index in [2.05, 4.69) is 5.32 Å². The van der Waals surface area contributed by atoms with Gasteiger partial charge in [-0.05, 0) is 55.8 Å². The van der Waals surface area contributed by atoms with Crippen LogP contribution in [0.1, 0.15) is 12.5 Å². The van der Waals surface area contributed by atoms with Crippen LogP contribution in [0.3, 0.4) is 0 Å². The van der Waals surface area contributed by atoms with E-state index in [1.54, 1.807) is 12.0 Å². The first-order chi connectivity index (χ1) is 12.1. The number of ether oxygens (including phenoxy) is 2. The number of hydrogen-bond acceptors (Lipinski definition) is 4. The highest BCUT2D eigenvalue weighted by atomic mass is 16.5. The van der Waals surface area contributed by atoms with Gasteiger partial charge in [0.05, 0.1) is 13.7 Å². The molecule has 0 aliphatic rings. The highest BCUT2D eigenvalue weighted by Crippen LogP contribution is 2.17. The third-order valence-electron chi connectivity index (χ3n) is 3.81. The number of likely N-dealkylation sites (N-methyl/N-ethyl adjacent to an activating group) is 1. The number of carbonyl (C=O) groups excluding carboxylic acids is 1. The van der Waals surface area contributed by atoms with E-state index < -0.39 is 0 Å². The minimum absolute atomic E-state index is 0.0533. The molecule has 2 rings (SSSR count). The smallest absolute Gasteiger partial charge is 0.240 e. The normalized spacial score (nSPS) is 10.4. The van der Waals surface area contributed by atoms with Crippen LogP contribution in [0.2, 0.25) is 0 Å². The molecule has 5 nitrogen and oxygen atoms in total. The number of rotatable bonds is 9. The third-order valence-corrected chi connectivity index (χ3v) is 3.81. The summed E-state index contributed by atoms with van der Waals surface area (Å²) >= 11 is 0. The number of amides is 1. The van der Waals surface area contributed by atoms with Gasteiger partial charge in [0.25, 0.3) is 0 Å². The van der Waals surface area contributed by atoms with Crippen molar-refractivity contribution in [2.24, 2.45) is 0 Å². The lowest BCUT2D eigenvalue weighted by molar-refractivity contribution is -0.117. The van der Waals surface area contributed by atoms with Gasteiger partial charge < -0.3 is 19.7 Å². The maximum absolute atomic E-state index is 12.4. The lowest BCUT2D eigenvalue weighted by Crippen LogP contribution is -2.39. The zero-order valence-electron chi connectivity index (χ0n) is 15.1. The molecule has 5 heteroatoms. The first-order valence-corrected chi connectivity index (χ1v) is 8.48. The first-order valence-electron chi connectivity index (χ1n) is 8.48. The molecule has 0 spiro atoms. The fourth-order valence-electron chi connectivity index (χ4n) is 2.50. The van der Waals surface area contributed by atoms with Gasteiger partial charge in [-0.25, -0.2) is 0 Å². The quantitative estimate of drug-likeness (QED) is 0.712. The number of hydrogen-bond donors (Lipinski definition) is 1. The van der Waals surface area contributed by atoms with Crippen molar-refractivity contribution >= 4 is 11.6 Å². The largest absolute Gasteiger partial charge is 0.497 e. The Morgan fingerprint density at radius 1 is 1.12 bits per heavy atom. The molecular weight excluding hydrogens is 316 g/mol. The van der Waals surface area contributed by atoms with Crippen LogP contribution in [0.15, 0.2) is 48.5 Å². The Morgan fingerprint density at radius 3 is 2.48 bits per heavy atom. The molecule has 0 heterocycles. The Labute approximate surface area is 149 Å². The Morgan fingerprint density at radius 2 is 1.84 bits per heavy atom.